The molecule has 2 aromatic rings. The quantitative estimate of drug-likeness (QED) is 0.910. The third kappa shape index (κ3) is 3.17. The number of hydrogen-bond donors (Lipinski definition) is 1. The minimum Gasteiger partial charge on any atom is -0.497 e. The third-order valence-corrected chi connectivity index (χ3v) is 2.84. The standard InChI is InChI=1S/C15H18N2O3/c1-10(2)8-16-15(18)13-9-17-20-14(13)11-4-6-12(19-3)7-5-11/h4-7,9-10H,8H2,1-3H3,(H,16,18). The predicted molar refractivity (Wildman–Crippen MR) is 75.7 cm³/mol. The second kappa shape index (κ2) is 6.23. The van der Waals surface area contributed by atoms with Crippen LogP contribution in [0.4, 0.5) is 0 Å². The Labute approximate surface area is 117 Å². The van der Waals surface area contributed by atoms with Gasteiger partial charge >= 0.3 is 0 Å². The monoisotopic (exact) mass is 274 g/mol. The number of rotatable bonds is 5. The molecule has 2 rings (SSSR count). The molecule has 0 aliphatic rings. The number of carbonyl (C=O) groups is 1. The van der Waals surface area contributed by atoms with Gasteiger partial charge in [-0.1, -0.05) is 19.0 Å². The minimum absolute atomic E-state index is 0.175. The summed E-state index contributed by atoms with van der Waals surface area (Å²) in [4.78, 5) is 12.1. The second-order valence-electron chi connectivity index (χ2n) is 4.90. The topological polar surface area (TPSA) is 64.4 Å². The number of carbonyl (C=O) groups excluding carboxylic acids is 1. The normalized spacial score (nSPS) is 10.6. The van der Waals surface area contributed by atoms with Crippen molar-refractivity contribution in [3.63, 3.8) is 0 Å². The number of amides is 1. The van der Waals surface area contributed by atoms with E-state index in [2.05, 4.69) is 10.5 Å². The first-order chi connectivity index (χ1) is 9.61. The van der Waals surface area contributed by atoms with Gasteiger partial charge in [-0.2, -0.15) is 0 Å². The predicted octanol–water partition coefficient (Wildman–Crippen LogP) is 2.74. The smallest absolute Gasteiger partial charge is 0.256 e. The van der Waals surface area contributed by atoms with Crippen LogP contribution in [0.5, 0.6) is 5.75 Å². The number of nitrogens with zero attached hydrogens (tertiary/aromatic N) is 1. The van der Waals surface area contributed by atoms with E-state index in [1.165, 1.54) is 6.20 Å². The van der Waals surface area contributed by atoms with Gasteiger partial charge in [0.05, 0.1) is 13.3 Å². The van der Waals surface area contributed by atoms with Gasteiger partial charge < -0.3 is 14.6 Å². The molecule has 106 valence electrons. The van der Waals surface area contributed by atoms with Gasteiger partial charge in [-0.15, -0.1) is 0 Å². The molecule has 0 radical (unpaired) electrons. The Hall–Kier alpha value is -2.30. The van der Waals surface area contributed by atoms with Crippen molar-refractivity contribution in [1.82, 2.24) is 10.5 Å². The molecule has 0 saturated heterocycles. The Morgan fingerprint density at radius 2 is 2.05 bits per heavy atom. The molecule has 0 atom stereocenters. The van der Waals surface area contributed by atoms with Crippen molar-refractivity contribution in [2.45, 2.75) is 13.8 Å². The maximum absolute atomic E-state index is 12.1. The first-order valence-electron chi connectivity index (χ1n) is 6.49. The van der Waals surface area contributed by atoms with Crippen molar-refractivity contribution in [3.8, 4) is 17.1 Å². The lowest BCUT2D eigenvalue weighted by molar-refractivity contribution is 0.0949. The molecule has 1 aromatic carbocycles. The molecular formula is C15H18N2O3. The lowest BCUT2D eigenvalue weighted by Gasteiger charge is -2.07. The van der Waals surface area contributed by atoms with Crippen LogP contribution in [0.2, 0.25) is 0 Å². The fraction of sp³-hybridized carbons (Fsp3) is 0.333. The number of hydrogen-bond acceptors (Lipinski definition) is 4. The van der Waals surface area contributed by atoms with Crippen molar-refractivity contribution in [2.24, 2.45) is 5.92 Å². The van der Waals surface area contributed by atoms with Gasteiger partial charge in [0, 0.05) is 12.1 Å². The van der Waals surface area contributed by atoms with Crippen LogP contribution >= 0.6 is 0 Å². The summed E-state index contributed by atoms with van der Waals surface area (Å²) in [5.41, 5.74) is 1.23. The highest BCUT2D eigenvalue weighted by molar-refractivity contribution is 5.99. The van der Waals surface area contributed by atoms with Crippen LogP contribution in [0.15, 0.2) is 35.0 Å². The zero-order chi connectivity index (χ0) is 14.5. The fourth-order valence-electron chi connectivity index (χ4n) is 1.74. The van der Waals surface area contributed by atoms with Crippen molar-refractivity contribution >= 4 is 5.91 Å². The van der Waals surface area contributed by atoms with E-state index in [0.717, 1.165) is 11.3 Å². The van der Waals surface area contributed by atoms with E-state index in [9.17, 15) is 4.79 Å². The molecule has 1 aromatic heterocycles. The lowest BCUT2D eigenvalue weighted by Crippen LogP contribution is -2.27. The first kappa shape index (κ1) is 14.1. The summed E-state index contributed by atoms with van der Waals surface area (Å²) in [7, 11) is 1.61. The molecular weight excluding hydrogens is 256 g/mol. The molecule has 0 saturated carbocycles. The van der Waals surface area contributed by atoms with Crippen LogP contribution in [0, 0.1) is 5.92 Å². The van der Waals surface area contributed by atoms with Crippen LogP contribution in [0.1, 0.15) is 24.2 Å². The second-order valence-corrected chi connectivity index (χ2v) is 4.90. The molecule has 5 nitrogen and oxygen atoms in total. The molecule has 0 aliphatic carbocycles. The molecule has 0 spiro atoms. The molecule has 20 heavy (non-hydrogen) atoms. The summed E-state index contributed by atoms with van der Waals surface area (Å²) >= 11 is 0. The minimum atomic E-state index is -0.175. The average Bonchev–Trinajstić information content (AvgIpc) is 2.94. The SMILES string of the molecule is COc1ccc(-c2oncc2C(=O)NCC(C)C)cc1. The summed E-state index contributed by atoms with van der Waals surface area (Å²) in [6.45, 7) is 4.70. The number of ether oxygens (including phenoxy) is 1. The number of nitrogens with one attached hydrogen (secondary N) is 1. The molecule has 0 bridgehead atoms. The third-order valence-electron chi connectivity index (χ3n) is 2.84. The van der Waals surface area contributed by atoms with E-state index in [1.54, 1.807) is 7.11 Å². The molecule has 1 amide bonds. The van der Waals surface area contributed by atoms with E-state index in [-0.39, 0.29) is 5.91 Å². The Kier molecular flexibility index (Phi) is 4.40. The van der Waals surface area contributed by atoms with Crippen molar-refractivity contribution in [2.75, 3.05) is 13.7 Å². The summed E-state index contributed by atoms with van der Waals surface area (Å²) in [6, 6.07) is 7.29. The molecule has 0 fully saturated rings. The maximum atomic E-state index is 12.1. The number of benzene rings is 1. The summed E-state index contributed by atoms with van der Waals surface area (Å²) in [6.07, 6.45) is 1.44. The average molecular weight is 274 g/mol. The molecule has 0 unspecified atom stereocenters. The van der Waals surface area contributed by atoms with Gasteiger partial charge in [0.25, 0.3) is 5.91 Å². The van der Waals surface area contributed by atoms with Crippen LogP contribution < -0.4 is 10.1 Å². The van der Waals surface area contributed by atoms with E-state index in [0.29, 0.717) is 23.8 Å². The summed E-state index contributed by atoms with van der Waals surface area (Å²) in [5, 5.41) is 6.58. The maximum Gasteiger partial charge on any atom is 0.256 e. The Morgan fingerprint density at radius 1 is 1.35 bits per heavy atom. The molecule has 1 heterocycles. The molecule has 1 N–H and O–H groups in total. The fourth-order valence-corrected chi connectivity index (χ4v) is 1.74. The Bertz CT molecular complexity index is 573. The zero-order valence-electron chi connectivity index (χ0n) is 11.8. The van der Waals surface area contributed by atoms with Gasteiger partial charge in [-0.25, -0.2) is 0 Å². The number of aromatic nitrogens is 1. The van der Waals surface area contributed by atoms with Gasteiger partial charge in [0.2, 0.25) is 0 Å². The van der Waals surface area contributed by atoms with E-state index in [1.807, 2.05) is 38.1 Å². The van der Waals surface area contributed by atoms with E-state index < -0.39 is 0 Å². The first-order valence-corrected chi connectivity index (χ1v) is 6.49. The zero-order valence-corrected chi connectivity index (χ0v) is 11.8. The van der Waals surface area contributed by atoms with Crippen LogP contribution in [-0.4, -0.2) is 24.7 Å². The van der Waals surface area contributed by atoms with Crippen molar-refractivity contribution < 1.29 is 14.1 Å². The lowest BCUT2D eigenvalue weighted by atomic mass is 10.1. The van der Waals surface area contributed by atoms with Gasteiger partial charge in [0.15, 0.2) is 5.76 Å². The van der Waals surface area contributed by atoms with E-state index >= 15 is 0 Å². The van der Waals surface area contributed by atoms with Crippen LogP contribution in [0.3, 0.4) is 0 Å². The highest BCUT2D eigenvalue weighted by Crippen LogP contribution is 2.25. The van der Waals surface area contributed by atoms with E-state index in [4.69, 9.17) is 9.26 Å². The van der Waals surface area contributed by atoms with Crippen LogP contribution in [0.25, 0.3) is 11.3 Å². The van der Waals surface area contributed by atoms with Gasteiger partial charge in [-0.05, 0) is 30.2 Å². The Balaban J connectivity index is 2.20. The molecule has 0 aliphatic heterocycles. The van der Waals surface area contributed by atoms with Crippen LogP contribution in [-0.2, 0) is 0 Å². The molecule has 5 heteroatoms. The highest BCUT2D eigenvalue weighted by Gasteiger charge is 2.17. The number of methoxy groups -OCH3 is 1. The van der Waals surface area contributed by atoms with Gasteiger partial charge in [0.1, 0.15) is 11.3 Å². The highest BCUT2D eigenvalue weighted by atomic mass is 16.5. The summed E-state index contributed by atoms with van der Waals surface area (Å²) in [5.74, 6) is 1.43. The summed E-state index contributed by atoms with van der Waals surface area (Å²) < 4.78 is 10.3. The largest absolute Gasteiger partial charge is 0.497 e. The van der Waals surface area contributed by atoms with Crippen molar-refractivity contribution in [3.05, 3.63) is 36.0 Å². The Morgan fingerprint density at radius 3 is 2.65 bits per heavy atom. The van der Waals surface area contributed by atoms with Gasteiger partial charge in [-0.3, -0.25) is 4.79 Å². The van der Waals surface area contributed by atoms with Crippen molar-refractivity contribution in [1.29, 1.82) is 0 Å².